The number of aromatic nitrogens is 2. The molecule has 0 spiro atoms. The molecule has 0 radical (unpaired) electrons. The largest absolute Gasteiger partial charge is 0.260 e. The lowest BCUT2D eigenvalue weighted by Crippen LogP contribution is -2.30. The Labute approximate surface area is 226 Å². The molecule has 6 nitrogen and oxygen atoms in total. The molecule has 39 heavy (non-hydrogen) atoms. The molecule has 0 fully saturated rings. The van der Waals surface area contributed by atoms with Crippen LogP contribution in [0.25, 0.3) is 0 Å². The summed E-state index contributed by atoms with van der Waals surface area (Å²) in [5.74, 6) is -2.98. The normalized spacial score (nSPS) is 20.1. The van der Waals surface area contributed by atoms with Crippen LogP contribution in [0.1, 0.15) is 79.4 Å². The molecule has 0 saturated heterocycles. The Balaban J connectivity index is 1.79. The lowest BCUT2D eigenvalue weighted by molar-refractivity contribution is 0.368. The van der Waals surface area contributed by atoms with Gasteiger partial charge in [-0.1, -0.05) is 41.5 Å². The van der Waals surface area contributed by atoms with Crippen molar-refractivity contribution in [2.24, 2.45) is 36.2 Å². The molecule has 4 rings (SSSR count). The molecule has 0 saturated carbocycles. The first-order chi connectivity index (χ1) is 17.9. The van der Waals surface area contributed by atoms with Crippen LogP contribution in [0, 0.1) is 40.0 Å². The van der Waals surface area contributed by atoms with Crippen LogP contribution in [0.15, 0.2) is 44.2 Å². The van der Waals surface area contributed by atoms with Gasteiger partial charge in [0, 0.05) is 0 Å². The van der Waals surface area contributed by atoms with Gasteiger partial charge in [-0.25, -0.2) is 9.98 Å². The number of halogens is 4. The van der Waals surface area contributed by atoms with Crippen LogP contribution in [0.4, 0.5) is 17.6 Å². The summed E-state index contributed by atoms with van der Waals surface area (Å²) in [6.45, 7) is 16.0. The molecule has 0 bridgehead atoms. The van der Waals surface area contributed by atoms with Crippen LogP contribution >= 0.6 is 0 Å². The van der Waals surface area contributed by atoms with E-state index in [1.807, 2.05) is 55.4 Å². The molecule has 208 valence electrons. The Morgan fingerprint density at radius 1 is 0.590 bits per heavy atom. The molecule has 4 heterocycles. The lowest BCUT2D eigenvalue weighted by Gasteiger charge is -2.23. The third-order valence-corrected chi connectivity index (χ3v) is 6.55. The number of aliphatic imine (C=N–C) groups is 4. The minimum Gasteiger partial charge on any atom is -0.260 e. The molecule has 2 atom stereocenters. The highest BCUT2D eigenvalue weighted by molar-refractivity contribution is 6.24. The number of hydrogen-bond acceptors (Lipinski definition) is 6. The molecule has 0 aliphatic carbocycles. The minimum atomic E-state index is -0.954. The van der Waals surface area contributed by atoms with Crippen LogP contribution < -0.4 is 0 Å². The summed E-state index contributed by atoms with van der Waals surface area (Å²) in [5, 5.41) is 0. The first kappa shape index (κ1) is 28.7. The van der Waals surface area contributed by atoms with E-state index in [0.29, 0.717) is 35.9 Å². The molecule has 2 aromatic rings. The zero-order chi connectivity index (χ0) is 28.9. The fraction of sp³-hybridized carbons (Fsp3) is 0.517. The van der Waals surface area contributed by atoms with Crippen molar-refractivity contribution < 1.29 is 17.6 Å². The third kappa shape index (κ3) is 6.31. The van der Waals surface area contributed by atoms with Gasteiger partial charge in [-0.05, 0) is 61.8 Å². The first-order valence-electron chi connectivity index (χ1n) is 12.9. The van der Waals surface area contributed by atoms with E-state index in [1.54, 1.807) is 0 Å². The Bertz CT molecular complexity index is 1300. The molecule has 2 unspecified atom stereocenters. The van der Waals surface area contributed by atoms with E-state index >= 15 is 0 Å². The summed E-state index contributed by atoms with van der Waals surface area (Å²) in [5.41, 5.74) is -0.379. The van der Waals surface area contributed by atoms with Gasteiger partial charge in [0.05, 0.1) is 40.0 Å². The second-order valence-corrected chi connectivity index (χ2v) is 13.0. The highest BCUT2D eigenvalue weighted by Crippen LogP contribution is 2.36. The van der Waals surface area contributed by atoms with Gasteiger partial charge < -0.3 is 0 Å². The van der Waals surface area contributed by atoms with Crippen molar-refractivity contribution in [2.75, 3.05) is 0 Å². The third-order valence-electron chi connectivity index (χ3n) is 6.55. The van der Waals surface area contributed by atoms with E-state index in [-0.39, 0.29) is 22.0 Å². The summed E-state index contributed by atoms with van der Waals surface area (Å²) in [6.07, 6.45) is 1.12. The highest BCUT2D eigenvalue weighted by Gasteiger charge is 2.42. The van der Waals surface area contributed by atoms with Gasteiger partial charge in [0.1, 0.15) is 11.7 Å². The van der Waals surface area contributed by atoms with Gasteiger partial charge in [0.25, 0.3) is 0 Å². The van der Waals surface area contributed by atoms with Crippen molar-refractivity contribution in [2.45, 2.75) is 80.3 Å². The Kier molecular flexibility index (Phi) is 7.38. The molecular formula is C29H34F4N6. The van der Waals surface area contributed by atoms with Crippen molar-refractivity contribution in [1.82, 2.24) is 9.97 Å². The van der Waals surface area contributed by atoms with E-state index in [0.717, 1.165) is 12.1 Å². The van der Waals surface area contributed by atoms with Crippen LogP contribution in [0.5, 0.6) is 0 Å². The molecular weight excluding hydrogens is 508 g/mol. The Hall–Kier alpha value is -3.30. The first-order valence-corrected chi connectivity index (χ1v) is 12.9. The number of nitrogens with zero attached hydrogens (tertiary/aromatic N) is 6. The summed E-state index contributed by atoms with van der Waals surface area (Å²) in [6, 6.07) is 3.86. The maximum atomic E-state index is 14.8. The van der Waals surface area contributed by atoms with Crippen LogP contribution in [-0.2, 0) is 0 Å². The number of amidine groups is 2. The van der Waals surface area contributed by atoms with Gasteiger partial charge in [0.2, 0.25) is 23.8 Å². The molecule has 2 aliphatic heterocycles. The summed E-state index contributed by atoms with van der Waals surface area (Å²) in [4.78, 5) is 25.9. The van der Waals surface area contributed by atoms with Crippen molar-refractivity contribution in [3.63, 3.8) is 0 Å². The quantitative estimate of drug-likeness (QED) is 0.298. The van der Waals surface area contributed by atoms with Gasteiger partial charge >= 0.3 is 0 Å². The van der Waals surface area contributed by atoms with Crippen molar-refractivity contribution >= 4 is 23.1 Å². The van der Waals surface area contributed by atoms with Gasteiger partial charge in [-0.3, -0.25) is 9.98 Å². The SMILES string of the molecule is CC(C)(C)CC1N=C(C(C)(C)C2=NC(CC(C)(C)C)C(c3ccc(F)nc3F)=N2)N=C1c1ccc(F)nc1F. The second-order valence-electron chi connectivity index (χ2n) is 13.0. The molecule has 0 amide bonds. The predicted molar refractivity (Wildman–Crippen MR) is 146 cm³/mol. The smallest absolute Gasteiger partial charge is 0.224 e. The Morgan fingerprint density at radius 2 is 0.949 bits per heavy atom. The fourth-order valence-corrected chi connectivity index (χ4v) is 4.69. The summed E-state index contributed by atoms with van der Waals surface area (Å²) >= 11 is 0. The second kappa shape index (κ2) is 10.0. The van der Waals surface area contributed by atoms with Crippen molar-refractivity contribution in [1.29, 1.82) is 0 Å². The van der Waals surface area contributed by atoms with E-state index in [2.05, 4.69) is 9.97 Å². The Morgan fingerprint density at radius 3 is 1.26 bits per heavy atom. The number of rotatable bonds is 6. The van der Waals surface area contributed by atoms with Gasteiger partial charge in [-0.2, -0.15) is 27.5 Å². The average molecular weight is 543 g/mol. The monoisotopic (exact) mass is 542 g/mol. The maximum Gasteiger partial charge on any atom is 0.224 e. The van der Waals surface area contributed by atoms with Crippen molar-refractivity contribution in [3.05, 3.63) is 59.2 Å². The van der Waals surface area contributed by atoms with Crippen molar-refractivity contribution in [3.8, 4) is 0 Å². The van der Waals surface area contributed by atoms with E-state index in [1.165, 1.54) is 12.1 Å². The van der Waals surface area contributed by atoms with E-state index in [9.17, 15) is 17.6 Å². The summed E-state index contributed by atoms with van der Waals surface area (Å²) < 4.78 is 56.6. The minimum absolute atomic E-state index is 0.0859. The molecule has 0 aromatic carbocycles. The van der Waals surface area contributed by atoms with Crippen LogP contribution in [0.3, 0.4) is 0 Å². The zero-order valence-electron chi connectivity index (χ0n) is 23.6. The molecule has 10 heteroatoms. The van der Waals surface area contributed by atoms with E-state index in [4.69, 9.17) is 20.0 Å². The van der Waals surface area contributed by atoms with Crippen LogP contribution in [-0.4, -0.2) is 45.1 Å². The standard InChI is InChI=1S/C29H34F4N6/c1-27(2,3)13-17-21(15-9-11-19(30)36-23(15)32)38-25(34-17)29(7,8)26-35-18(14-28(4,5)6)22(39-26)16-10-12-20(31)37-24(16)33/h9-12,17-18H,13-14H2,1-8H3. The molecule has 2 aromatic heterocycles. The van der Waals surface area contributed by atoms with E-state index < -0.39 is 41.3 Å². The zero-order valence-corrected chi connectivity index (χ0v) is 23.6. The fourth-order valence-electron chi connectivity index (χ4n) is 4.69. The summed E-state index contributed by atoms with van der Waals surface area (Å²) in [7, 11) is 0. The maximum absolute atomic E-state index is 14.8. The number of hydrogen-bond donors (Lipinski definition) is 0. The van der Waals surface area contributed by atoms with Crippen LogP contribution in [0.2, 0.25) is 0 Å². The topological polar surface area (TPSA) is 75.2 Å². The lowest BCUT2D eigenvalue weighted by atomic mass is 9.85. The molecule has 2 aliphatic rings. The van der Waals surface area contributed by atoms with Gasteiger partial charge in [-0.15, -0.1) is 0 Å². The number of pyridine rings is 2. The average Bonchev–Trinajstić information content (AvgIpc) is 3.37. The highest BCUT2D eigenvalue weighted by atomic mass is 19.1. The molecule has 0 N–H and O–H groups in total. The van der Waals surface area contributed by atoms with Gasteiger partial charge in [0.15, 0.2) is 0 Å². The predicted octanol–water partition coefficient (Wildman–Crippen LogP) is 6.77.